The predicted octanol–water partition coefficient (Wildman–Crippen LogP) is 1.78. The van der Waals surface area contributed by atoms with E-state index in [1.807, 2.05) is 12.1 Å². The molecule has 3 heteroatoms. The maximum Gasteiger partial charge on any atom is 0.0984 e. The third-order valence-electron chi connectivity index (χ3n) is 3.33. The number of aliphatic hydroxyl groups is 1. The molecule has 3 N–H and O–H groups in total. The zero-order valence-electron chi connectivity index (χ0n) is 8.89. The van der Waals surface area contributed by atoms with Gasteiger partial charge in [0.2, 0.25) is 0 Å². The molecule has 1 saturated carbocycles. The van der Waals surface area contributed by atoms with Crippen LogP contribution in [0.5, 0.6) is 0 Å². The fourth-order valence-corrected chi connectivity index (χ4v) is 2.35. The average molecular weight is 206 g/mol. The second-order valence-corrected chi connectivity index (χ2v) is 4.48. The third kappa shape index (κ3) is 2.19. The Bertz CT molecular complexity index is 307. The number of nitrogens with zero attached hydrogens (tertiary/aromatic N) is 1. The van der Waals surface area contributed by atoms with Crippen molar-refractivity contribution in [3.05, 3.63) is 30.1 Å². The summed E-state index contributed by atoms with van der Waals surface area (Å²) in [4.78, 5) is 4.02. The van der Waals surface area contributed by atoms with Crippen molar-refractivity contribution in [1.29, 1.82) is 0 Å². The van der Waals surface area contributed by atoms with Crippen LogP contribution in [-0.4, -0.2) is 15.6 Å². The summed E-state index contributed by atoms with van der Waals surface area (Å²) in [5.41, 5.74) is 6.65. The highest BCUT2D eigenvalue weighted by Gasteiger charge is 2.35. The Balaban J connectivity index is 2.16. The molecule has 0 aliphatic heterocycles. The van der Waals surface area contributed by atoms with Gasteiger partial charge in [-0.05, 0) is 18.9 Å². The van der Waals surface area contributed by atoms with Crippen LogP contribution in [0.4, 0.5) is 0 Å². The second-order valence-electron chi connectivity index (χ2n) is 4.48. The lowest BCUT2D eigenvalue weighted by molar-refractivity contribution is 0.0584. The maximum atomic E-state index is 10.2. The van der Waals surface area contributed by atoms with Gasteiger partial charge >= 0.3 is 0 Å². The van der Waals surface area contributed by atoms with Gasteiger partial charge in [0.05, 0.1) is 6.10 Å². The van der Waals surface area contributed by atoms with E-state index >= 15 is 0 Å². The van der Waals surface area contributed by atoms with Crippen molar-refractivity contribution in [3.63, 3.8) is 0 Å². The summed E-state index contributed by atoms with van der Waals surface area (Å²) in [6.45, 7) is 0. The highest BCUT2D eigenvalue weighted by atomic mass is 16.3. The van der Waals surface area contributed by atoms with E-state index in [9.17, 15) is 5.11 Å². The lowest BCUT2D eigenvalue weighted by Gasteiger charge is -2.37. The Hall–Kier alpha value is -0.930. The van der Waals surface area contributed by atoms with Crippen LogP contribution in [0.25, 0.3) is 0 Å². The van der Waals surface area contributed by atoms with E-state index in [1.54, 1.807) is 12.4 Å². The minimum atomic E-state index is -0.577. The normalized spacial score (nSPS) is 22.3. The van der Waals surface area contributed by atoms with Crippen LogP contribution in [-0.2, 0) is 0 Å². The standard InChI is InChI=1S/C12H18N2O/c13-12(6-2-1-3-7-12)11(15)10-5-4-8-14-9-10/h4-5,8-9,11,15H,1-3,6-7,13H2. The maximum absolute atomic E-state index is 10.2. The molecule has 0 radical (unpaired) electrons. The van der Waals surface area contributed by atoms with E-state index in [0.29, 0.717) is 0 Å². The molecular weight excluding hydrogens is 188 g/mol. The lowest BCUT2D eigenvalue weighted by atomic mass is 9.76. The molecule has 0 bridgehead atoms. The molecular formula is C12H18N2O. The van der Waals surface area contributed by atoms with E-state index < -0.39 is 11.6 Å². The summed E-state index contributed by atoms with van der Waals surface area (Å²) < 4.78 is 0. The quantitative estimate of drug-likeness (QED) is 0.775. The van der Waals surface area contributed by atoms with Gasteiger partial charge in [0.15, 0.2) is 0 Å². The van der Waals surface area contributed by atoms with Gasteiger partial charge in [0.1, 0.15) is 0 Å². The van der Waals surface area contributed by atoms with Crippen LogP contribution in [0, 0.1) is 0 Å². The smallest absolute Gasteiger partial charge is 0.0984 e. The average Bonchev–Trinajstić information content (AvgIpc) is 2.30. The van der Waals surface area contributed by atoms with Crippen molar-refractivity contribution in [1.82, 2.24) is 4.98 Å². The molecule has 1 aliphatic carbocycles. The van der Waals surface area contributed by atoms with Crippen LogP contribution < -0.4 is 5.73 Å². The predicted molar refractivity (Wildman–Crippen MR) is 59.2 cm³/mol. The molecule has 2 rings (SSSR count). The van der Waals surface area contributed by atoms with Crippen molar-refractivity contribution in [2.24, 2.45) is 5.73 Å². The molecule has 1 fully saturated rings. The molecule has 1 aliphatic rings. The highest BCUT2D eigenvalue weighted by molar-refractivity contribution is 5.17. The van der Waals surface area contributed by atoms with Crippen LogP contribution in [0.1, 0.15) is 43.8 Å². The number of aliphatic hydroxyl groups excluding tert-OH is 1. The van der Waals surface area contributed by atoms with Crippen molar-refractivity contribution < 1.29 is 5.11 Å². The van der Waals surface area contributed by atoms with Gasteiger partial charge in [-0.3, -0.25) is 4.98 Å². The molecule has 1 aromatic rings. The van der Waals surface area contributed by atoms with Crippen molar-refractivity contribution in [3.8, 4) is 0 Å². The fraction of sp³-hybridized carbons (Fsp3) is 0.583. The van der Waals surface area contributed by atoms with Gasteiger partial charge in [-0.1, -0.05) is 25.3 Å². The van der Waals surface area contributed by atoms with Gasteiger partial charge in [0.25, 0.3) is 0 Å². The Labute approximate surface area is 90.3 Å². The van der Waals surface area contributed by atoms with E-state index in [1.165, 1.54) is 6.42 Å². The molecule has 0 aromatic carbocycles. The van der Waals surface area contributed by atoms with Gasteiger partial charge in [-0.25, -0.2) is 0 Å². The molecule has 3 nitrogen and oxygen atoms in total. The van der Waals surface area contributed by atoms with E-state index in [-0.39, 0.29) is 0 Å². The van der Waals surface area contributed by atoms with Gasteiger partial charge in [-0.15, -0.1) is 0 Å². The molecule has 0 spiro atoms. The summed E-state index contributed by atoms with van der Waals surface area (Å²) in [6.07, 6.45) is 8.12. The van der Waals surface area contributed by atoms with E-state index in [2.05, 4.69) is 4.98 Å². The minimum Gasteiger partial charge on any atom is -0.386 e. The van der Waals surface area contributed by atoms with Crippen molar-refractivity contribution in [2.45, 2.75) is 43.7 Å². The number of aromatic nitrogens is 1. The minimum absolute atomic E-state index is 0.443. The van der Waals surface area contributed by atoms with Crippen molar-refractivity contribution >= 4 is 0 Å². The first kappa shape index (κ1) is 10.6. The van der Waals surface area contributed by atoms with Gasteiger partial charge in [0, 0.05) is 23.5 Å². The summed E-state index contributed by atoms with van der Waals surface area (Å²) in [6, 6.07) is 3.73. The van der Waals surface area contributed by atoms with Crippen LogP contribution in [0.15, 0.2) is 24.5 Å². The molecule has 1 atom stereocenters. The third-order valence-corrected chi connectivity index (χ3v) is 3.33. The van der Waals surface area contributed by atoms with Crippen LogP contribution >= 0.6 is 0 Å². The fourth-order valence-electron chi connectivity index (χ4n) is 2.35. The highest BCUT2D eigenvalue weighted by Crippen LogP contribution is 2.35. The zero-order chi connectivity index (χ0) is 10.7. The second kappa shape index (κ2) is 4.29. The first-order chi connectivity index (χ1) is 7.22. The molecule has 0 amide bonds. The first-order valence-electron chi connectivity index (χ1n) is 5.59. The van der Waals surface area contributed by atoms with Crippen molar-refractivity contribution in [2.75, 3.05) is 0 Å². The lowest BCUT2D eigenvalue weighted by Crippen LogP contribution is -2.47. The molecule has 1 aromatic heterocycles. The summed E-state index contributed by atoms with van der Waals surface area (Å²) in [5.74, 6) is 0. The monoisotopic (exact) mass is 206 g/mol. The van der Waals surface area contributed by atoms with Gasteiger partial charge < -0.3 is 10.8 Å². The first-order valence-corrected chi connectivity index (χ1v) is 5.59. The summed E-state index contributed by atoms with van der Waals surface area (Å²) in [7, 11) is 0. The summed E-state index contributed by atoms with van der Waals surface area (Å²) >= 11 is 0. The van der Waals surface area contributed by atoms with Crippen LogP contribution in [0.3, 0.4) is 0 Å². The Morgan fingerprint density at radius 3 is 2.67 bits per heavy atom. The Morgan fingerprint density at radius 2 is 2.07 bits per heavy atom. The number of rotatable bonds is 2. The molecule has 1 heterocycles. The molecule has 15 heavy (non-hydrogen) atoms. The number of hydrogen-bond donors (Lipinski definition) is 2. The van der Waals surface area contributed by atoms with Crippen LogP contribution in [0.2, 0.25) is 0 Å². The summed E-state index contributed by atoms with van der Waals surface area (Å²) in [5, 5.41) is 10.2. The number of pyridine rings is 1. The Morgan fingerprint density at radius 1 is 1.33 bits per heavy atom. The molecule has 0 saturated heterocycles. The molecule has 82 valence electrons. The topological polar surface area (TPSA) is 59.1 Å². The SMILES string of the molecule is NC1(C(O)c2cccnc2)CCCCC1. The zero-order valence-corrected chi connectivity index (χ0v) is 8.89. The van der Waals surface area contributed by atoms with Gasteiger partial charge in [-0.2, -0.15) is 0 Å². The van der Waals surface area contributed by atoms with E-state index in [0.717, 1.165) is 31.2 Å². The number of hydrogen-bond acceptors (Lipinski definition) is 3. The molecule has 1 unspecified atom stereocenters. The van der Waals surface area contributed by atoms with E-state index in [4.69, 9.17) is 5.73 Å². The Kier molecular flexibility index (Phi) is 3.03. The number of nitrogens with two attached hydrogens (primary N) is 1. The largest absolute Gasteiger partial charge is 0.386 e.